The molecule has 0 radical (unpaired) electrons. The SMILES string of the molecule is Cc1ccc(C(C)C)c(OCC(=O)Nc2ccc(Br)cc2Cl)c1. The average molecular weight is 397 g/mol. The van der Waals surface area contributed by atoms with Gasteiger partial charge in [-0.25, -0.2) is 0 Å². The zero-order chi connectivity index (χ0) is 17.0. The molecule has 5 heteroatoms. The van der Waals surface area contributed by atoms with Crippen molar-refractivity contribution in [3.8, 4) is 5.75 Å². The fourth-order valence-electron chi connectivity index (χ4n) is 2.16. The van der Waals surface area contributed by atoms with Gasteiger partial charge in [0.1, 0.15) is 5.75 Å². The second-order valence-corrected chi connectivity index (χ2v) is 6.98. The molecule has 0 unspecified atom stereocenters. The van der Waals surface area contributed by atoms with Gasteiger partial charge in [0.15, 0.2) is 6.61 Å². The second-order valence-electron chi connectivity index (χ2n) is 5.66. The molecule has 122 valence electrons. The van der Waals surface area contributed by atoms with Crippen molar-refractivity contribution in [3.05, 3.63) is 57.0 Å². The molecule has 0 aliphatic rings. The second kappa shape index (κ2) is 7.84. The number of rotatable bonds is 5. The van der Waals surface area contributed by atoms with Gasteiger partial charge in [-0.15, -0.1) is 0 Å². The zero-order valence-electron chi connectivity index (χ0n) is 13.3. The highest BCUT2D eigenvalue weighted by Gasteiger charge is 2.11. The summed E-state index contributed by atoms with van der Waals surface area (Å²) in [6.45, 7) is 6.13. The molecular weight excluding hydrogens is 378 g/mol. The number of carbonyl (C=O) groups excluding carboxylic acids is 1. The van der Waals surface area contributed by atoms with Crippen LogP contribution in [0.25, 0.3) is 0 Å². The van der Waals surface area contributed by atoms with Crippen LogP contribution in [0.1, 0.15) is 30.9 Å². The molecule has 0 atom stereocenters. The predicted octanol–water partition coefficient (Wildman–Crippen LogP) is 5.55. The molecule has 1 N–H and O–H groups in total. The molecule has 0 fully saturated rings. The first-order valence-electron chi connectivity index (χ1n) is 7.35. The Kier molecular flexibility index (Phi) is 6.08. The molecule has 2 rings (SSSR count). The Hall–Kier alpha value is -1.52. The Balaban J connectivity index is 2.03. The van der Waals surface area contributed by atoms with Gasteiger partial charge in [-0.2, -0.15) is 0 Å². The van der Waals surface area contributed by atoms with Crippen LogP contribution in [-0.4, -0.2) is 12.5 Å². The van der Waals surface area contributed by atoms with E-state index in [0.29, 0.717) is 16.6 Å². The molecule has 0 spiro atoms. The fourth-order valence-corrected chi connectivity index (χ4v) is 2.88. The van der Waals surface area contributed by atoms with Crippen LogP contribution in [0.4, 0.5) is 5.69 Å². The Morgan fingerprint density at radius 2 is 2.00 bits per heavy atom. The molecule has 0 aliphatic carbocycles. The van der Waals surface area contributed by atoms with Crippen LogP contribution in [0, 0.1) is 6.92 Å². The molecular formula is C18H19BrClNO2. The van der Waals surface area contributed by atoms with E-state index >= 15 is 0 Å². The lowest BCUT2D eigenvalue weighted by molar-refractivity contribution is -0.118. The number of halogens is 2. The number of hydrogen-bond donors (Lipinski definition) is 1. The maximum Gasteiger partial charge on any atom is 0.262 e. The first-order valence-corrected chi connectivity index (χ1v) is 8.52. The van der Waals surface area contributed by atoms with Crippen LogP contribution in [-0.2, 0) is 4.79 Å². The number of ether oxygens (including phenoxy) is 1. The van der Waals surface area contributed by atoms with Crippen LogP contribution in [0.2, 0.25) is 5.02 Å². The Morgan fingerprint density at radius 1 is 1.26 bits per heavy atom. The van der Waals surface area contributed by atoms with Crippen molar-refractivity contribution in [3.63, 3.8) is 0 Å². The van der Waals surface area contributed by atoms with Crippen molar-refractivity contribution in [2.45, 2.75) is 26.7 Å². The van der Waals surface area contributed by atoms with Crippen molar-refractivity contribution in [2.24, 2.45) is 0 Å². The van der Waals surface area contributed by atoms with Gasteiger partial charge in [0.25, 0.3) is 5.91 Å². The van der Waals surface area contributed by atoms with Crippen molar-refractivity contribution in [1.29, 1.82) is 0 Å². The predicted molar refractivity (Wildman–Crippen MR) is 98.5 cm³/mol. The molecule has 2 aromatic carbocycles. The first-order chi connectivity index (χ1) is 10.9. The number of hydrogen-bond acceptors (Lipinski definition) is 2. The van der Waals surface area contributed by atoms with Gasteiger partial charge in [-0.05, 0) is 48.2 Å². The van der Waals surface area contributed by atoms with Crippen LogP contribution in [0.15, 0.2) is 40.9 Å². The first kappa shape index (κ1) is 17.8. The zero-order valence-corrected chi connectivity index (χ0v) is 15.7. The molecule has 2 aromatic rings. The number of nitrogens with one attached hydrogen (secondary N) is 1. The van der Waals surface area contributed by atoms with Crippen molar-refractivity contribution < 1.29 is 9.53 Å². The number of anilines is 1. The highest BCUT2D eigenvalue weighted by Crippen LogP contribution is 2.28. The van der Waals surface area contributed by atoms with Crippen molar-refractivity contribution >= 4 is 39.1 Å². The quantitative estimate of drug-likeness (QED) is 0.719. The molecule has 0 heterocycles. The summed E-state index contributed by atoms with van der Waals surface area (Å²) in [5.41, 5.74) is 2.75. The number of amides is 1. The Bertz CT molecular complexity index is 716. The van der Waals surface area contributed by atoms with Crippen LogP contribution < -0.4 is 10.1 Å². The fraction of sp³-hybridized carbons (Fsp3) is 0.278. The van der Waals surface area contributed by atoms with Crippen LogP contribution >= 0.6 is 27.5 Å². The van der Waals surface area contributed by atoms with E-state index in [1.165, 1.54) is 0 Å². The van der Waals surface area contributed by atoms with E-state index in [1.807, 2.05) is 31.2 Å². The van der Waals surface area contributed by atoms with E-state index in [4.69, 9.17) is 16.3 Å². The molecule has 3 nitrogen and oxygen atoms in total. The number of benzene rings is 2. The Labute approximate surface area is 150 Å². The smallest absolute Gasteiger partial charge is 0.262 e. The van der Waals surface area contributed by atoms with Crippen molar-refractivity contribution in [2.75, 3.05) is 11.9 Å². The summed E-state index contributed by atoms with van der Waals surface area (Å²) in [5.74, 6) is 0.831. The number of aryl methyl sites for hydroxylation is 1. The van der Waals surface area contributed by atoms with E-state index in [2.05, 4.69) is 35.1 Å². The largest absolute Gasteiger partial charge is 0.483 e. The summed E-state index contributed by atoms with van der Waals surface area (Å²) < 4.78 is 6.57. The van der Waals surface area contributed by atoms with Gasteiger partial charge in [0, 0.05) is 4.47 Å². The minimum Gasteiger partial charge on any atom is -0.483 e. The summed E-state index contributed by atoms with van der Waals surface area (Å²) in [7, 11) is 0. The highest BCUT2D eigenvalue weighted by atomic mass is 79.9. The van der Waals surface area contributed by atoms with E-state index in [-0.39, 0.29) is 12.5 Å². The third-order valence-electron chi connectivity index (χ3n) is 3.36. The minimum atomic E-state index is -0.245. The maximum absolute atomic E-state index is 12.1. The third kappa shape index (κ3) is 4.98. The van der Waals surface area contributed by atoms with Crippen LogP contribution in [0.3, 0.4) is 0 Å². The molecule has 0 aliphatic heterocycles. The van der Waals surface area contributed by atoms with Gasteiger partial charge >= 0.3 is 0 Å². The van der Waals surface area contributed by atoms with Gasteiger partial charge in [-0.3, -0.25) is 4.79 Å². The lowest BCUT2D eigenvalue weighted by Crippen LogP contribution is -2.20. The van der Waals surface area contributed by atoms with Gasteiger partial charge in [-0.1, -0.05) is 53.5 Å². The monoisotopic (exact) mass is 395 g/mol. The van der Waals surface area contributed by atoms with Gasteiger partial charge in [0.05, 0.1) is 10.7 Å². The molecule has 0 aromatic heterocycles. The van der Waals surface area contributed by atoms with E-state index < -0.39 is 0 Å². The maximum atomic E-state index is 12.1. The van der Waals surface area contributed by atoms with Gasteiger partial charge < -0.3 is 10.1 Å². The molecule has 23 heavy (non-hydrogen) atoms. The van der Waals surface area contributed by atoms with Crippen molar-refractivity contribution in [1.82, 2.24) is 0 Å². The standard InChI is InChI=1S/C18H19BrClNO2/c1-11(2)14-6-4-12(3)8-17(14)23-10-18(22)21-16-7-5-13(19)9-15(16)20/h4-9,11H,10H2,1-3H3,(H,21,22). The van der Waals surface area contributed by atoms with Crippen LogP contribution in [0.5, 0.6) is 5.75 Å². The summed E-state index contributed by atoms with van der Waals surface area (Å²) in [5, 5.41) is 3.23. The van der Waals surface area contributed by atoms with Gasteiger partial charge in [0.2, 0.25) is 0 Å². The summed E-state index contributed by atoms with van der Waals surface area (Å²) in [4.78, 5) is 12.1. The Morgan fingerprint density at radius 3 is 2.65 bits per heavy atom. The molecule has 0 bridgehead atoms. The highest BCUT2D eigenvalue weighted by molar-refractivity contribution is 9.10. The lowest BCUT2D eigenvalue weighted by atomic mass is 10.0. The molecule has 1 amide bonds. The van der Waals surface area contributed by atoms with E-state index in [9.17, 15) is 4.79 Å². The number of carbonyl (C=O) groups is 1. The minimum absolute atomic E-state index is 0.0600. The third-order valence-corrected chi connectivity index (χ3v) is 4.16. The lowest BCUT2D eigenvalue weighted by Gasteiger charge is -2.15. The van der Waals surface area contributed by atoms with E-state index in [0.717, 1.165) is 21.3 Å². The van der Waals surface area contributed by atoms with E-state index in [1.54, 1.807) is 12.1 Å². The molecule has 0 saturated carbocycles. The summed E-state index contributed by atoms with van der Waals surface area (Å²) in [6, 6.07) is 11.3. The summed E-state index contributed by atoms with van der Waals surface area (Å²) >= 11 is 9.42. The molecule has 0 saturated heterocycles. The normalized spacial score (nSPS) is 10.7. The average Bonchev–Trinajstić information content (AvgIpc) is 2.48. The summed E-state index contributed by atoms with van der Waals surface area (Å²) in [6.07, 6.45) is 0. The topological polar surface area (TPSA) is 38.3 Å².